The van der Waals surface area contributed by atoms with E-state index in [0.717, 1.165) is 32.6 Å². The molecule has 0 spiro atoms. The van der Waals surface area contributed by atoms with Gasteiger partial charge in [0.2, 0.25) is 5.91 Å². The predicted molar refractivity (Wildman–Crippen MR) is 91.4 cm³/mol. The van der Waals surface area contributed by atoms with Gasteiger partial charge in [0.1, 0.15) is 0 Å². The lowest BCUT2D eigenvalue weighted by Gasteiger charge is -2.31. The second-order valence-electron chi connectivity index (χ2n) is 6.60. The van der Waals surface area contributed by atoms with E-state index in [1.54, 1.807) is 0 Å². The quantitative estimate of drug-likeness (QED) is 0.762. The zero-order valence-corrected chi connectivity index (χ0v) is 15.2. The molecule has 0 aromatic carbocycles. The standard InChI is InChI=1S/C14H29N3O2.2ClH/c1-14(2,10-17(3)4)9-16-13(18)12(15)11-5-7-19-8-6-11;;/h11-12H,5-10,15H2,1-4H3,(H,16,18);2*1H. The Kier molecular flexibility index (Phi) is 11.7. The number of carbonyl (C=O) groups excluding carboxylic acids is 1. The van der Waals surface area contributed by atoms with Crippen LogP contribution in [0.25, 0.3) is 0 Å². The molecule has 3 N–H and O–H groups in total. The molecule has 1 aliphatic heterocycles. The van der Waals surface area contributed by atoms with Crippen molar-refractivity contribution in [1.29, 1.82) is 0 Å². The van der Waals surface area contributed by atoms with Gasteiger partial charge in [0.15, 0.2) is 0 Å². The number of carbonyl (C=O) groups is 1. The molecule has 1 atom stereocenters. The summed E-state index contributed by atoms with van der Waals surface area (Å²) in [6.07, 6.45) is 1.77. The highest BCUT2D eigenvalue weighted by Gasteiger charge is 2.28. The van der Waals surface area contributed by atoms with Gasteiger partial charge in [-0.3, -0.25) is 4.79 Å². The van der Waals surface area contributed by atoms with Gasteiger partial charge in [0.05, 0.1) is 6.04 Å². The summed E-state index contributed by atoms with van der Waals surface area (Å²) in [7, 11) is 4.08. The first-order valence-corrected chi connectivity index (χ1v) is 7.07. The molecule has 0 aromatic heterocycles. The fourth-order valence-electron chi connectivity index (χ4n) is 2.65. The van der Waals surface area contributed by atoms with Gasteiger partial charge in [-0.1, -0.05) is 13.8 Å². The van der Waals surface area contributed by atoms with Gasteiger partial charge in [-0.2, -0.15) is 0 Å². The first kappa shape index (κ1) is 23.2. The van der Waals surface area contributed by atoms with E-state index < -0.39 is 6.04 Å². The first-order chi connectivity index (χ1) is 8.82. The van der Waals surface area contributed by atoms with Gasteiger partial charge in [-0.05, 0) is 38.3 Å². The number of nitrogens with zero attached hydrogens (tertiary/aromatic N) is 1. The molecule has 21 heavy (non-hydrogen) atoms. The zero-order valence-electron chi connectivity index (χ0n) is 13.6. The Morgan fingerprint density at radius 1 is 1.33 bits per heavy atom. The van der Waals surface area contributed by atoms with E-state index in [1.807, 2.05) is 14.1 Å². The third-order valence-electron chi connectivity index (χ3n) is 3.56. The van der Waals surface area contributed by atoms with Crippen LogP contribution in [0.2, 0.25) is 0 Å². The summed E-state index contributed by atoms with van der Waals surface area (Å²) >= 11 is 0. The fraction of sp³-hybridized carbons (Fsp3) is 0.929. The maximum absolute atomic E-state index is 12.1. The second-order valence-corrected chi connectivity index (χ2v) is 6.60. The number of nitrogens with one attached hydrogen (secondary N) is 1. The lowest BCUT2D eigenvalue weighted by atomic mass is 9.90. The van der Waals surface area contributed by atoms with Crippen LogP contribution in [-0.2, 0) is 9.53 Å². The van der Waals surface area contributed by atoms with E-state index in [9.17, 15) is 4.79 Å². The second kappa shape index (κ2) is 10.6. The molecule has 0 radical (unpaired) electrons. The maximum Gasteiger partial charge on any atom is 0.237 e. The molecule has 1 aliphatic rings. The Hall–Kier alpha value is -0.0700. The molecule has 0 aromatic rings. The Balaban J connectivity index is 0. The molecule has 7 heteroatoms. The van der Waals surface area contributed by atoms with Crippen LogP contribution >= 0.6 is 24.8 Å². The predicted octanol–water partition coefficient (Wildman–Crippen LogP) is 1.29. The Bertz CT molecular complexity index is 296. The highest BCUT2D eigenvalue weighted by molar-refractivity contribution is 5.85. The fourth-order valence-corrected chi connectivity index (χ4v) is 2.65. The minimum Gasteiger partial charge on any atom is -0.381 e. The molecule has 1 amide bonds. The Morgan fingerprint density at radius 2 is 1.86 bits per heavy atom. The van der Waals surface area contributed by atoms with Crippen LogP contribution in [0.5, 0.6) is 0 Å². The molecular formula is C14H31Cl2N3O2. The summed E-state index contributed by atoms with van der Waals surface area (Å²) in [6, 6.07) is -0.404. The van der Waals surface area contributed by atoms with E-state index >= 15 is 0 Å². The summed E-state index contributed by atoms with van der Waals surface area (Å²) in [5.41, 5.74) is 6.09. The smallest absolute Gasteiger partial charge is 0.237 e. The largest absolute Gasteiger partial charge is 0.381 e. The minimum absolute atomic E-state index is 0. The molecule has 5 nitrogen and oxygen atoms in total. The molecule has 1 unspecified atom stereocenters. The van der Waals surface area contributed by atoms with Crippen molar-refractivity contribution in [1.82, 2.24) is 10.2 Å². The van der Waals surface area contributed by atoms with E-state index in [4.69, 9.17) is 10.5 Å². The zero-order chi connectivity index (χ0) is 14.5. The highest BCUT2D eigenvalue weighted by Crippen LogP contribution is 2.18. The van der Waals surface area contributed by atoms with Crippen molar-refractivity contribution in [3.63, 3.8) is 0 Å². The number of amides is 1. The molecular weight excluding hydrogens is 313 g/mol. The summed E-state index contributed by atoms with van der Waals surface area (Å²) in [6.45, 7) is 7.32. The minimum atomic E-state index is -0.404. The highest BCUT2D eigenvalue weighted by atomic mass is 35.5. The van der Waals surface area contributed by atoms with Gasteiger partial charge >= 0.3 is 0 Å². The molecule has 128 valence electrons. The van der Waals surface area contributed by atoms with Crippen LogP contribution in [0.1, 0.15) is 26.7 Å². The van der Waals surface area contributed by atoms with Crippen LogP contribution < -0.4 is 11.1 Å². The molecule has 0 aliphatic carbocycles. The lowest BCUT2D eigenvalue weighted by molar-refractivity contribution is -0.124. The van der Waals surface area contributed by atoms with Gasteiger partial charge in [-0.15, -0.1) is 24.8 Å². The van der Waals surface area contributed by atoms with Gasteiger partial charge in [0.25, 0.3) is 0 Å². The molecule has 1 rings (SSSR count). The molecule has 0 bridgehead atoms. The number of nitrogens with two attached hydrogens (primary N) is 1. The SMILES string of the molecule is CN(C)CC(C)(C)CNC(=O)C(N)C1CCOCC1.Cl.Cl. The number of hydrogen-bond donors (Lipinski definition) is 2. The van der Waals surface area contributed by atoms with Crippen LogP contribution in [0.4, 0.5) is 0 Å². The van der Waals surface area contributed by atoms with Crippen molar-refractivity contribution >= 4 is 30.7 Å². The van der Waals surface area contributed by atoms with Crippen molar-refractivity contribution in [2.75, 3.05) is 40.4 Å². The average Bonchev–Trinajstić information content (AvgIpc) is 2.34. The van der Waals surface area contributed by atoms with Crippen molar-refractivity contribution < 1.29 is 9.53 Å². The van der Waals surface area contributed by atoms with Crippen LogP contribution in [0, 0.1) is 11.3 Å². The van der Waals surface area contributed by atoms with Crippen molar-refractivity contribution in [3.8, 4) is 0 Å². The average molecular weight is 344 g/mol. The van der Waals surface area contributed by atoms with Gasteiger partial charge < -0.3 is 20.7 Å². The normalized spacial score (nSPS) is 17.6. The summed E-state index contributed by atoms with van der Waals surface area (Å²) in [5.74, 6) is 0.226. The summed E-state index contributed by atoms with van der Waals surface area (Å²) < 4.78 is 5.29. The summed E-state index contributed by atoms with van der Waals surface area (Å²) in [5, 5.41) is 2.99. The molecule has 1 saturated heterocycles. The van der Waals surface area contributed by atoms with Crippen LogP contribution in [0.3, 0.4) is 0 Å². The van der Waals surface area contributed by atoms with Gasteiger partial charge in [-0.25, -0.2) is 0 Å². The Labute approximate surface area is 141 Å². The number of halogens is 2. The molecule has 0 saturated carbocycles. The third-order valence-corrected chi connectivity index (χ3v) is 3.56. The topological polar surface area (TPSA) is 67.6 Å². The van der Waals surface area contributed by atoms with E-state index in [0.29, 0.717) is 6.54 Å². The number of hydrogen-bond acceptors (Lipinski definition) is 4. The van der Waals surface area contributed by atoms with E-state index in [-0.39, 0.29) is 42.1 Å². The van der Waals surface area contributed by atoms with Crippen molar-refractivity contribution in [2.24, 2.45) is 17.1 Å². The molecule has 1 fully saturated rings. The summed E-state index contributed by atoms with van der Waals surface area (Å²) in [4.78, 5) is 14.2. The monoisotopic (exact) mass is 343 g/mol. The number of ether oxygens (including phenoxy) is 1. The Morgan fingerprint density at radius 3 is 2.33 bits per heavy atom. The van der Waals surface area contributed by atoms with Crippen LogP contribution in [-0.4, -0.2) is 57.2 Å². The van der Waals surface area contributed by atoms with Crippen molar-refractivity contribution in [3.05, 3.63) is 0 Å². The van der Waals surface area contributed by atoms with E-state index in [2.05, 4.69) is 24.1 Å². The van der Waals surface area contributed by atoms with Crippen LogP contribution in [0.15, 0.2) is 0 Å². The lowest BCUT2D eigenvalue weighted by Crippen LogP contribution is -2.50. The van der Waals surface area contributed by atoms with Crippen molar-refractivity contribution in [2.45, 2.75) is 32.7 Å². The number of rotatable bonds is 6. The van der Waals surface area contributed by atoms with E-state index in [1.165, 1.54) is 0 Å². The maximum atomic E-state index is 12.1. The van der Waals surface area contributed by atoms with Gasteiger partial charge in [0, 0.05) is 26.3 Å². The first-order valence-electron chi connectivity index (χ1n) is 7.07. The third kappa shape index (κ3) is 8.83. The molecule has 1 heterocycles.